The lowest BCUT2D eigenvalue weighted by molar-refractivity contribution is -0.129. The van der Waals surface area contributed by atoms with Crippen molar-refractivity contribution in [1.82, 2.24) is 30.0 Å². The van der Waals surface area contributed by atoms with E-state index in [1.54, 1.807) is 22.1 Å². The first-order valence-corrected chi connectivity index (χ1v) is 8.00. The van der Waals surface area contributed by atoms with Gasteiger partial charge in [-0.1, -0.05) is 6.07 Å². The second-order valence-corrected chi connectivity index (χ2v) is 5.80. The molecule has 0 saturated carbocycles. The number of amides is 2. The van der Waals surface area contributed by atoms with E-state index in [0.717, 1.165) is 12.1 Å². The second-order valence-electron chi connectivity index (χ2n) is 5.80. The van der Waals surface area contributed by atoms with Crippen LogP contribution in [0, 0.1) is 5.92 Å². The molecule has 1 atom stereocenters. The maximum absolute atomic E-state index is 12.2. The van der Waals surface area contributed by atoms with E-state index in [9.17, 15) is 9.59 Å². The molecule has 2 aromatic heterocycles. The van der Waals surface area contributed by atoms with Gasteiger partial charge in [0.1, 0.15) is 12.7 Å². The third kappa shape index (κ3) is 4.15. The van der Waals surface area contributed by atoms with Crippen molar-refractivity contribution in [2.75, 3.05) is 13.1 Å². The maximum Gasteiger partial charge on any atom is 0.225 e. The summed E-state index contributed by atoms with van der Waals surface area (Å²) in [5, 5.41) is 6.90. The van der Waals surface area contributed by atoms with Crippen LogP contribution >= 0.6 is 0 Å². The predicted octanol–water partition coefficient (Wildman–Crippen LogP) is 0.228. The molecule has 8 nitrogen and oxygen atoms in total. The maximum atomic E-state index is 12.2. The minimum atomic E-state index is -0.285. The normalized spacial score (nSPS) is 17.2. The Bertz CT molecular complexity index is 673. The monoisotopic (exact) mass is 328 g/mol. The molecule has 0 bridgehead atoms. The smallest absolute Gasteiger partial charge is 0.225 e. The SMILES string of the molecule is O=C(NCCCn1cncn1)[C@H]1CC(=O)N(Cc2ccccn2)C1. The van der Waals surface area contributed by atoms with Crippen LogP contribution in [0.3, 0.4) is 0 Å². The molecule has 24 heavy (non-hydrogen) atoms. The summed E-state index contributed by atoms with van der Waals surface area (Å²) < 4.78 is 1.72. The molecule has 2 amide bonds. The summed E-state index contributed by atoms with van der Waals surface area (Å²) >= 11 is 0. The number of pyridine rings is 1. The molecule has 1 fully saturated rings. The zero-order valence-corrected chi connectivity index (χ0v) is 13.3. The average Bonchev–Trinajstić information content (AvgIpc) is 3.23. The quantitative estimate of drug-likeness (QED) is 0.734. The van der Waals surface area contributed by atoms with E-state index in [1.807, 2.05) is 18.2 Å². The Labute approximate surface area is 139 Å². The van der Waals surface area contributed by atoms with Crippen molar-refractivity contribution in [2.24, 2.45) is 5.92 Å². The first kappa shape index (κ1) is 16.1. The average molecular weight is 328 g/mol. The minimum absolute atomic E-state index is 0.00317. The van der Waals surface area contributed by atoms with Crippen molar-refractivity contribution >= 4 is 11.8 Å². The highest BCUT2D eigenvalue weighted by Gasteiger charge is 2.34. The highest BCUT2D eigenvalue weighted by atomic mass is 16.2. The third-order valence-electron chi connectivity index (χ3n) is 3.99. The van der Waals surface area contributed by atoms with Crippen LogP contribution in [0.25, 0.3) is 0 Å². The summed E-state index contributed by atoms with van der Waals surface area (Å²) in [5.41, 5.74) is 0.833. The van der Waals surface area contributed by atoms with Gasteiger partial charge in [-0.15, -0.1) is 0 Å². The van der Waals surface area contributed by atoms with Crippen molar-refractivity contribution in [1.29, 1.82) is 0 Å². The van der Waals surface area contributed by atoms with Crippen LogP contribution < -0.4 is 5.32 Å². The molecule has 1 aliphatic rings. The zero-order valence-electron chi connectivity index (χ0n) is 13.3. The van der Waals surface area contributed by atoms with Gasteiger partial charge in [-0.2, -0.15) is 5.10 Å². The Balaban J connectivity index is 1.42. The first-order valence-electron chi connectivity index (χ1n) is 8.00. The Morgan fingerprint density at radius 1 is 1.38 bits per heavy atom. The fourth-order valence-corrected chi connectivity index (χ4v) is 2.73. The fourth-order valence-electron chi connectivity index (χ4n) is 2.73. The largest absolute Gasteiger partial charge is 0.356 e. The van der Waals surface area contributed by atoms with Crippen molar-refractivity contribution < 1.29 is 9.59 Å². The fraction of sp³-hybridized carbons (Fsp3) is 0.438. The van der Waals surface area contributed by atoms with E-state index in [4.69, 9.17) is 0 Å². The minimum Gasteiger partial charge on any atom is -0.356 e. The van der Waals surface area contributed by atoms with Crippen LogP contribution in [0.15, 0.2) is 37.1 Å². The Kier molecular flexibility index (Phi) is 5.15. The molecule has 1 aliphatic heterocycles. The first-order chi connectivity index (χ1) is 11.7. The third-order valence-corrected chi connectivity index (χ3v) is 3.99. The van der Waals surface area contributed by atoms with Gasteiger partial charge in [0.25, 0.3) is 0 Å². The lowest BCUT2D eigenvalue weighted by Gasteiger charge is -2.16. The molecule has 0 aromatic carbocycles. The summed E-state index contributed by atoms with van der Waals surface area (Å²) in [6, 6.07) is 5.61. The van der Waals surface area contributed by atoms with Crippen molar-refractivity contribution in [3.63, 3.8) is 0 Å². The van der Waals surface area contributed by atoms with E-state index < -0.39 is 0 Å². The molecule has 0 aliphatic carbocycles. The molecule has 1 saturated heterocycles. The van der Waals surface area contributed by atoms with Crippen LogP contribution in [0.1, 0.15) is 18.5 Å². The van der Waals surface area contributed by atoms with Crippen molar-refractivity contribution in [2.45, 2.75) is 25.9 Å². The van der Waals surface area contributed by atoms with Gasteiger partial charge in [-0.3, -0.25) is 19.3 Å². The lowest BCUT2D eigenvalue weighted by atomic mass is 10.1. The Morgan fingerprint density at radius 3 is 3.04 bits per heavy atom. The van der Waals surface area contributed by atoms with E-state index in [1.165, 1.54) is 6.33 Å². The molecule has 1 N–H and O–H groups in total. The van der Waals surface area contributed by atoms with Gasteiger partial charge in [0.05, 0.1) is 18.2 Å². The van der Waals surface area contributed by atoms with Crippen LogP contribution in [-0.2, 0) is 22.7 Å². The predicted molar refractivity (Wildman–Crippen MR) is 85.4 cm³/mol. The van der Waals surface area contributed by atoms with Crippen molar-refractivity contribution in [3.05, 3.63) is 42.7 Å². The number of aryl methyl sites for hydroxylation is 1. The number of carbonyl (C=O) groups excluding carboxylic acids is 2. The molecular weight excluding hydrogens is 308 g/mol. The second kappa shape index (κ2) is 7.67. The molecule has 0 spiro atoms. The number of carbonyl (C=O) groups is 2. The number of rotatable bonds is 7. The van der Waals surface area contributed by atoms with Crippen molar-refractivity contribution in [3.8, 4) is 0 Å². The van der Waals surface area contributed by atoms with E-state index in [0.29, 0.717) is 26.2 Å². The molecule has 3 heterocycles. The molecule has 0 unspecified atom stereocenters. The van der Waals surface area contributed by atoms with E-state index in [-0.39, 0.29) is 24.2 Å². The number of likely N-dealkylation sites (tertiary alicyclic amines) is 1. The van der Waals surface area contributed by atoms with Crippen LogP contribution in [0.2, 0.25) is 0 Å². The van der Waals surface area contributed by atoms with Crippen LogP contribution in [0.5, 0.6) is 0 Å². The Morgan fingerprint density at radius 2 is 2.29 bits per heavy atom. The summed E-state index contributed by atoms with van der Waals surface area (Å²) in [6.07, 6.45) is 5.87. The zero-order chi connectivity index (χ0) is 16.8. The highest BCUT2D eigenvalue weighted by molar-refractivity contribution is 5.89. The number of hydrogen-bond acceptors (Lipinski definition) is 5. The van der Waals surface area contributed by atoms with Gasteiger partial charge in [0.15, 0.2) is 0 Å². The lowest BCUT2D eigenvalue weighted by Crippen LogP contribution is -2.33. The highest BCUT2D eigenvalue weighted by Crippen LogP contribution is 2.19. The summed E-state index contributed by atoms with van der Waals surface area (Å²) in [5.74, 6) is -0.346. The summed E-state index contributed by atoms with van der Waals surface area (Å²) in [7, 11) is 0. The molecule has 8 heteroatoms. The van der Waals surface area contributed by atoms with Gasteiger partial charge < -0.3 is 10.2 Å². The van der Waals surface area contributed by atoms with E-state index >= 15 is 0 Å². The topological polar surface area (TPSA) is 93.0 Å². The van der Waals surface area contributed by atoms with Crippen LogP contribution in [-0.4, -0.2) is 49.6 Å². The number of nitrogens with one attached hydrogen (secondary N) is 1. The molecular formula is C16H20N6O2. The molecule has 0 radical (unpaired) electrons. The van der Waals surface area contributed by atoms with Gasteiger partial charge in [0, 0.05) is 32.3 Å². The molecule has 126 valence electrons. The Hall–Kier alpha value is -2.77. The van der Waals surface area contributed by atoms with Gasteiger partial charge in [0.2, 0.25) is 11.8 Å². The molecule has 3 rings (SSSR count). The molecule has 2 aromatic rings. The van der Waals surface area contributed by atoms with Crippen LogP contribution in [0.4, 0.5) is 0 Å². The summed E-state index contributed by atoms with van der Waals surface area (Å²) in [4.78, 5) is 34.1. The van der Waals surface area contributed by atoms with Gasteiger partial charge >= 0.3 is 0 Å². The standard InChI is InChI=1S/C16H20N6O2/c23-15-8-13(9-21(15)10-14-4-1-2-5-18-14)16(24)19-6-3-7-22-12-17-11-20-22/h1-2,4-5,11-13H,3,6-10H2,(H,19,24)/t13-/m0/s1. The number of nitrogens with zero attached hydrogens (tertiary/aromatic N) is 5. The van der Waals surface area contributed by atoms with Gasteiger partial charge in [-0.05, 0) is 18.6 Å². The van der Waals surface area contributed by atoms with Gasteiger partial charge in [-0.25, -0.2) is 4.98 Å². The number of aromatic nitrogens is 4. The van der Waals surface area contributed by atoms with E-state index in [2.05, 4.69) is 20.4 Å². The summed E-state index contributed by atoms with van der Waals surface area (Å²) in [6.45, 7) is 2.17. The number of hydrogen-bond donors (Lipinski definition) is 1.